The van der Waals surface area contributed by atoms with E-state index in [1.54, 1.807) is 11.9 Å². The van der Waals surface area contributed by atoms with Gasteiger partial charge in [-0.3, -0.25) is 9.69 Å². The first kappa shape index (κ1) is 17.0. The van der Waals surface area contributed by atoms with E-state index in [1.807, 2.05) is 0 Å². The van der Waals surface area contributed by atoms with Crippen molar-refractivity contribution in [1.82, 2.24) is 9.80 Å². The Hall–Kier alpha value is -1.08. The minimum absolute atomic E-state index is 0.159. The molecule has 0 radical (unpaired) electrons. The van der Waals surface area contributed by atoms with Gasteiger partial charge in [0.05, 0.1) is 12.5 Å². The average Bonchev–Trinajstić information content (AvgIpc) is 2.93. The number of carbonyl (C=O) groups excluding carboxylic acids is 1. The predicted octanol–water partition coefficient (Wildman–Crippen LogP) is 2.65. The van der Waals surface area contributed by atoms with Gasteiger partial charge < -0.3 is 4.90 Å². The lowest BCUT2D eigenvalue weighted by Gasteiger charge is -2.30. The summed E-state index contributed by atoms with van der Waals surface area (Å²) in [6.45, 7) is 6.97. The van der Waals surface area contributed by atoms with Crippen molar-refractivity contribution in [3.63, 3.8) is 0 Å². The van der Waals surface area contributed by atoms with E-state index < -0.39 is 0 Å². The Morgan fingerprint density at radius 1 is 1.30 bits per heavy atom. The molecule has 0 spiro atoms. The molecule has 0 atom stereocenters. The number of nitrogens with zero attached hydrogens (tertiary/aromatic N) is 3. The molecule has 1 aliphatic rings. The highest BCUT2D eigenvalue weighted by molar-refractivity contribution is 5.76. The van der Waals surface area contributed by atoms with Crippen LogP contribution in [0.1, 0.15) is 52.4 Å². The maximum Gasteiger partial charge on any atom is 0.223 e. The second-order valence-electron chi connectivity index (χ2n) is 6.30. The van der Waals surface area contributed by atoms with Gasteiger partial charge in [0.2, 0.25) is 5.91 Å². The highest BCUT2D eigenvalue weighted by Crippen LogP contribution is 2.24. The molecule has 1 rings (SSSR count). The van der Waals surface area contributed by atoms with Crippen LogP contribution in [0.25, 0.3) is 0 Å². The first-order valence-electron chi connectivity index (χ1n) is 7.89. The first-order chi connectivity index (χ1) is 9.54. The lowest BCUT2D eigenvalue weighted by atomic mass is 10.1. The highest BCUT2D eigenvalue weighted by atomic mass is 16.2. The molecule has 114 valence electrons. The largest absolute Gasteiger partial charge is 0.345 e. The van der Waals surface area contributed by atoms with E-state index in [2.05, 4.69) is 24.8 Å². The van der Waals surface area contributed by atoms with Gasteiger partial charge in [0.25, 0.3) is 0 Å². The third kappa shape index (κ3) is 5.92. The lowest BCUT2D eigenvalue weighted by molar-refractivity contribution is -0.130. The SMILES string of the molecule is CC(C)CN(CCC(=O)N(C)CCC#N)C1CCCC1. The van der Waals surface area contributed by atoms with Crippen LogP contribution >= 0.6 is 0 Å². The van der Waals surface area contributed by atoms with Crippen LogP contribution in [-0.2, 0) is 4.79 Å². The molecule has 4 nitrogen and oxygen atoms in total. The Bertz CT molecular complexity index is 329. The fraction of sp³-hybridized carbons (Fsp3) is 0.875. The summed E-state index contributed by atoms with van der Waals surface area (Å²) >= 11 is 0. The fourth-order valence-electron chi connectivity index (χ4n) is 2.93. The van der Waals surface area contributed by atoms with Crippen LogP contribution in [-0.4, -0.2) is 48.4 Å². The van der Waals surface area contributed by atoms with Crippen molar-refractivity contribution in [2.45, 2.75) is 58.4 Å². The van der Waals surface area contributed by atoms with Gasteiger partial charge >= 0.3 is 0 Å². The molecule has 0 aromatic rings. The smallest absolute Gasteiger partial charge is 0.223 e. The van der Waals surface area contributed by atoms with Crippen LogP contribution in [0.5, 0.6) is 0 Å². The lowest BCUT2D eigenvalue weighted by Crippen LogP contribution is -2.39. The molecule has 0 aromatic heterocycles. The van der Waals surface area contributed by atoms with E-state index in [-0.39, 0.29) is 5.91 Å². The van der Waals surface area contributed by atoms with Crippen molar-refractivity contribution in [2.24, 2.45) is 5.92 Å². The third-order valence-corrected chi connectivity index (χ3v) is 4.04. The summed E-state index contributed by atoms with van der Waals surface area (Å²) in [7, 11) is 1.79. The molecule has 1 fully saturated rings. The Balaban J connectivity index is 2.40. The van der Waals surface area contributed by atoms with Crippen LogP contribution in [0.4, 0.5) is 0 Å². The van der Waals surface area contributed by atoms with Gasteiger partial charge in [0.15, 0.2) is 0 Å². The number of carbonyl (C=O) groups is 1. The summed E-state index contributed by atoms with van der Waals surface area (Å²) in [5.74, 6) is 0.800. The van der Waals surface area contributed by atoms with E-state index >= 15 is 0 Å². The molecule has 1 saturated carbocycles. The Kier molecular flexibility index (Phi) is 7.61. The van der Waals surface area contributed by atoms with Gasteiger partial charge in [0, 0.05) is 39.1 Å². The Morgan fingerprint density at radius 2 is 1.95 bits per heavy atom. The highest BCUT2D eigenvalue weighted by Gasteiger charge is 2.23. The van der Waals surface area contributed by atoms with Crippen LogP contribution in [0.3, 0.4) is 0 Å². The zero-order valence-corrected chi connectivity index (χ0v) is 13.3. The molecule has 0 saturated heterocycles. The van der Waals surface area contributed by atoms with Crippen molar-refractivity contribution in [2.75, 3.05) is 26.7 Å². The molecule has 1 amide bonds. The minimum Gasteiger partial charge on any atom is -0.345 e. The van der Waals surface area contributed by atoms with Crippen molar-refractivity contribution in [1.29, 1.82) is 5.26 Å². The van der Waals surface area contributed by atoms with Crippen molar-refractivity contribution >= 4 is 5.91 Å². The zero-order chi connectivity index (χ0) is 15.0. The number of hydrogen-bond donors (Lipinski definition) is 0. The number of rotatable bonds is 8. The summed E-state index contributed by atoms with van der Waals surface area (Å²) in [5.41, 5.74) is 0. The van der Waals surface area contributed by atoms with Crippen LogP contribution < -0.4 is 0 Å². The molecule has 0 aliphatic heterocycles. The number of nitriles is 1. The molecular formula is C16H29N3O. The molecule has 4 heteroatoms. The second-order valence-corrected chi connectivity index (χ2v) is 6.30. The molecule has 0 aromatic carbocycles. The summed E-state index contributed by atoms with van der Waals surface area (Å²) in [5, 5.41) is 8.56. The maximum absolute atomic E-state index is 12.0. The van der Waals surface area contributed by atoms with Gasteiger partial charge in [-0.2, -0.15) is 5.26 Å². The summed E-state index contributed by atoms with van der Waals surface area (Å²) < 4.78 is 0. The topological polar surface area (TPSA) is 47.3 Å². The van der Waals surface area contributed by atoms with Gasteiger partial charge in [-0.15, -0.1) is 0 Å². The zero-order valence-electron chi connectivity index (χ0n) is 13.3. The average molecular weight is 279 g/mol. The molecule has 0 N–H and O–H groups in total. The molecule has 0 heterocycles. The van der Waals surface area contributed by atoms with Crippen molar-refractivity contribution in [3.05, 3.63) is 0 Å². The third-order valence-electron chi connectivity index (χ3n) is 4.04. The van der Waals surface area contributed by atoms with Crippen LogP contribution in [0, 0.1) is 17.2 Å². The Morgan fingerprint density at radius 3 is 2.50 bits per heavy atom. The van der Waals surface area contributed by atoms with E-state index in [1.165, 1.54) is 25.7 Å². The standard InChI is InChI=1S/C16H29N3O/c1-14(2)13-19(15-7-4-5-8-15)12-9-16(20)18(3)11-6-10-17/h14-15H,4-9,11-13H2,1-3H3. The summed E-state index contributed by atoms with van der Waals surface area (Å²) in [4.78, 5) is 16.2. The van der Waals surface area contributed by atoms with Gasteiger partial charge in [-0.05, 0) is 18.8 Å². The fourth-order valence-corrected chi connectivity index (χ4v) is 2.93. The molecular weight excluding hydrogens is 250 g/mol. The van der Waals surface area contributed by atoms with E-state index in [0.29, 0.717) is 31.3 Å². The quantitative estimate of drug-likeness (QED) is 0.686. The number of hydrogen-bond acceptors (Lipinski definition) is 3. The van der Waals surface area contributed by atoms with Gasteiger partial charge in [-0.25, -0.2) is 0 Å². The van der Waals surface area contributed by atoms with E-state index in [9.17, 15) is 4.79 Å². The monoisotopic (exact) mass is 279 g/mol. The van der Waals surface area contributed by atoms with Gasteiger partial charge in [-0.1, -0.05) is 26.7 Å². The van der Waals surface area contributed by atoms with Crippen molar-refractivity contribution < 1.29 is 4.79 Å². The van der Waals surface area contributed by atoms with Crippen LogP contribution in [0.2, 0.25) is 0 Å². The summed E-state index contributed by atoms with van der Waals surface area (Å²) in [6.07, 6.45) is 6.21. The first-order valence-corrected chi connectivity index (χ1v) is 7.89. The van der Waals surface area contributed by atoms with Gasteiger partial charge in [0.1, 0.15) is 0 Å². The van der Waals surface area contributed by atoms with Crippen molar-refractivity contribution in [3.8, 4) is 6.07 Å². The predicted molar refractivity (Wildman–Crippen MR) is 81.2 cm³/mol. The molecule has 0 bridgehead atoms. The normalized spacial score (nSPS) is 15.8. The van der Waals surface area contributed by atoms with Crippen LogP contribution in [0.15, 0.2) is 0 Å². The maximum atomic E-state index is 12.0. The molecule has 1 aliphatic carbocycles. The Labute approximate surface area is 123 Å². The number of amides is 1. The summed E-state index contributed by atoms with van der Waals surface area (Å²) in [6, 6.07) is 2.76. The minimum atomic E-state index is 0.159. The molecule has 0 unspecified atom stereocenters. The van der Waals surface area contributed by atoms with E-state index in [0.717, 1.165) is 13.1 Å². The molecule has 20 heavy (non-hydrogen) atoms. The van der Waals surface area contributed by atoms with E-state index in [4.69, 9.17) is 5.26 Å². The second kappa shape index (κ2) is 8.97.